The number of anilines is 1. The van der Waals surface area contributed by atoms with Crippen LogP contribution in [0.1, 0.15) is 28.2 Å². The van der Waals surface area contributed by atoms with Crippen LogP contribution in [0.3, 0.4) is 0 Å². The number of thiophene rings is 1. The number of carbonyl (C=O) groups is 2. The maximum Gasteiger partial charge on any atom is 0.354 e. The summed E-state index contributed by atoms with van der Waals surface area (Å²) in [7, 11) is 0. The lowest BCUT2D eigenvalue weighted by Gasteiger charge is -2.04. The molecule has 0 unspecified atom stereocenters. The lowest BCUT2D eigenvalue weighted by molar-refractivity contribution is -0.116. The molecule has 0 aliphatic carbocycles. The van der Waals surface area contributed by atoms with Crippen molar-refractivity contribution >= 4 is 29.0 Å². The molecular weight excluding hydrogens is 276 g/mol. The van der Waals surface area contributed by atoms with E-state index in [1.807, 2.05) is 17.5 Å². The topological polar surface area (TPSA) is 79.3 Å². The average Bonchev–Trinajstić information content (AvgIpc) is 2.92. The van der Waals surface area contributed by atoms with Crippen molar-refractivity contribution in [1.29, 1.82) is 0 Å². The van der Waals surface area contributed by atoms with Gasteiger partial charge in [0, 0.05) is 11.3 Å². The Morgan fingerprint density at radius 1 is 1.25 bits per heavy atom. The number of hydrogen-bond acceptors (Lipinski definition) is 4. The largest absolute Gasteiger partial charge is 0.477 e. The summed E-state index contributed by atoms with van der Waals surface area (Å²) in [5, 5.41) is 13.4. The van der Waals surface area contributed by atoms with Crippen LogP contribution in [-0.2, 0) is 11.2 Å². The van der Waals surface area contributed by atoms with Gasteiger partial charge in [0.05, 0.1) is 0 Å². The molecule has 2 rings (SSSR count). The summed E-state index contributed by atoms with van der Waals surface area (Å²) in [6, 6.07) is 8.54. The number of nitrogens with zero attached hydrogens (tertiary/aromatic N) is 1. The van der Waals surface area contributed by atoms with E-state index in [9.17, 15) is 9.59 Å². The van der Waals surface area contributed by atoms with Gasteiger partial charge < -0.3 is 10.4 Å². The molecular formula is C14H14N2O3S. The number of carbonyl (C=O) groups excluding carboxylic acids is 1. The van der Waals surface area contributed by atoms with Crippen LogP contribution in [-0.4, -0.2) is 22.0 Å². The first-order valence-corrected chi connectivity index (χ1v) is 7.06. The van der Waals surface area contributed by atoms with Crippen molar-refractivity contribution in [2.45, 2.75) is 19.3 Å². The number of aromatic carboxylic acids is 1. The molecule has 5 nitrogen and oxygen atoms in total. The van der Waals surface area contributed by atoms with Gasteiger partial charge in [0.1, 0.15) is 5.82 Å². The van der Waals surface area contributed by atoms with E-state index in [0.717, 1.165) is 12.8 Å². The summed E-state index contributed by atoms with van der Waals surface area (Å²) in [5.41, 5.74) is -0.0821. The number of carboxylic acid groups (broad SMARTS) is 1. The SMILES string of the molecule is O=C(CCCc1cccs1)Nc1cccc(C(=O)O)n1. The van der Waals surface area contributed by atoms with Crippen LogP contribution in [0.15, 0.2) is 35.7 Å². The third-order valence-electron chi connectivity index (χ3n) is 2.64. The minimum absolute atomic E-state index is 0.0821. The summed E-state index contributed by atoms with van der Waals surface area (Å²) < 4.78 is 0. The lowest BCUT2D eigenvalue weighted by atomic mass is 10.2. The van der Waals surface area contributed by atoms with Crippen molar-refractivity contribution in [3.05, 3.63) is 46.3 Å². The minimum Gasteiger partial charge on any atom is -0.477 e. The van der Waals surface area contributed by atoms with Crippen molar-refractivity contribution < 1.29 is 14.7 Å². The molecule has 0 fully saturated rings. The van der Waals surface area contributed by atoms with Gasteiger partial charge in [-0.05, 0) is 36.4 Å². The Kier molecular flexibility index (Phi) is 4.84. The summed E-state index contributed by atoms with van der Waals surface area (Å²) in [6.07, 6.45) is 2.01. The van der Waals surface area contributed by atoms with Gasteiger partial charge >= 0.3 is 5.97 Å². The molecule has 0 aliphatic rings. The second kappa shape index (κ2) is 6.81. The molecule has 0 aliphatic heterocycles. The Hall–Kier alpha value is -2.21. The molecule has 20 heavy (non-hydrogen) atoms. The number of rotatable bonds is 6. The fourth-order valence-electron chi connectivity index (χ4n) is 1.71. The zero-order valence-electron chi connectivity index (χ0n) is 10.7. The molecule has 0 saturated carbocycles. The fraction of sp³-hybridized carbons (Fsp3) is 0.214. The zero-order chi connectivity index (χ0) is 14.4. The Labute approximate surface area is 120 Å². The molecule has 0 radical (unpaired) electrons. The molecule has 2 aromatic heterocycles. The van der Waals surface area contributed by atoms with Gasteiger partial charge in [0.25, 0.3) is 0 Å². The number of aryl methyl sites for hydroxylation is 1. The molecule has 0 saturated heterocycles. The normalized spacial score (nSPS) is 10.2. The fourth-order valence-corrected chi connectivity index (χ4v) is 2.46. The van der Waals surface area contributed by atoms with Crippen LogP contribution in [0, 0.1) is 0 Å². The summed E-state index contributed by atoms with van der Waals surface area (Å²) in [4.78, 5) is 27.6. The second-order valence-electron chi connectivity index (χ2n) is 4.19. The highest BCUT2D eigenvalue weighted by Crippen LogP contribution is 2.12. The smallest absolute Gasteiger partial charge is 0.354 e. The Balaban J connectivity index is 1.82. The highest BCUT2D eigenvalue weighted by atomic mass is 32.1. The van der Waals surface area contributed by atoms with Gasteiger partial charge in [-0.15, -0.1) is 11.3 Å². The molecule has 0 atom stereocenters. The number of hydrogen-bond donors (Lipinski definition) is 2. The maximum atomic E-state index is 11.7. The van der Waals surface area contributed by atoms with Gasteiger partial charge in [-0.25, -0.2) is 9.78 Å². The number of amides is 1. The summed E-state index contributed by atoms with van der Waals surface area (Å²) in [5.74, 6) is -0.999. The van der Waals surface area contributed by atoms with Crippen LogP contribution < -0.4 is 5.32 Å². The van der Waals surface area contributed by atoms with E-state index in [1.165, 1.54) is 10.9 Å². The van der Waals surface area contributed by atoms with Crippen molar-refractivity contribution in [2.75, 3.05) is 5.32 Å². The molecule has 0 aromatic carbocycles. The first-order chi connectivity index (χ1) is 9.65. The molecule has 1 amide bonds. The summed E-state index contributed by atoms with van der Waals surface area (Å²) >= 11 is 1.67. The molecule has 2 heterocycles. The van der Waals surface area contributed by atoms with E-state index in [2.05, 4.69) is 10.3 Å². The molecule has 104 valence electrons. The zero-order valence-corrected chi connectivity index (χ0v) is 11.5. The van der Waals surface area contributed by atoms with Gasteiger partial charge in [-0.3, -0.25) is 4.79 Å². The van der Waals surface area contributed by atoms with E-state index in [-0.39, 0.29) is 17.4 Å². The quantitative estimate of drug-likeness (QED) is 0.857. The Morgan fingerprint density at radius 3 is 2.80 bits per heavy atom. The van der Waals surface area contributed by atoms with Crippen molar-refractivity contribution in [2.24, 2.45) is 0 Å². The van der Waals surface area contributed by atoms with Gasteiger partial charge in [-0.2, -0.15) is 0 Å². The monoisotopic (exact) mass is 290 g/mol. The molecule has 2 aromatic rings. The third kappa shape index (κ3) is 4.17. The average molecular weight is 290 g/mol. The van der Waals surface area contributed by atoms with E-state index in [1.54, 1.807) is 23.5 Å². The first-order valence-electron chi connectivity index (χ1n) is 6.18. The van der Waals surface area contributed by atoms with Crippen LogP contribution in [0.5, 0.6) is 0 Å². The Morgan fingerprint density at radius 2 is 2.10 bits per heavy atom. The second-order valence-corrected chi connectivity index (χ2v) is 5.23. The van der Waals surface area contributed by atoms with Gasteiger partial charge in [-0.1, -0.05) is 12.1 Å². The number of carboxylic acids is 1. The molecule has 6 heteroatoms. The number of aromatic nitrogens is 1. The van der Waals surface area contributed by atoms with E-state index in [4.69, 9.17) is 5.11 Å². The number of pyridine rings is 1. The van der Waals surface area contributed by atoms with Crippen LogP contribution >= 0.6 is 11.3 Å². The van der Waals surface area contributed by atoms with Gasteiger partial charge in [0.2, 0.25) is 5.91 Å². The predicted molar refractivity (Wildman–Crippen MR) is 77.1 cm³/mol. The van der Waals surface area contributed by atoms with Crippen molar-refractivity contribution in [3.8, 4) is 0 Å². The highest BCUT2D eigenvalue weighted by Gasteiger charge is 2.07. The molecule has 0 spiro atoms. The highest BCUT2D eigenvalue weighted by molar-refractivity contribution is 7.09. The van der Waals surface area contributed by atoms with Crippen molar-refractivity contribution in [1.82, 2.24) is 4.98 Å². The van der Waals surface area contributed by atoms with Gasteiger partial charge in [0.15, 0.2) is 5.69 Å². The maximum absolute atomic E-state index is 11.7. The van der Waals surface area contributed by atoms with Crippen LogP contribution in [0.25, 0.3) is 0 Å². The third-order valence-corrected chi connectivity index (χ3v) is 3.58. The first kappa shape index (κ1) is 14.2. The Bertz CT molecular complexity index is 596. The van der Waals surface area contributed by atoms with E-state index >= 15 is 0 Å². The molecule has 2 N–H and O–H groups in total. The summed E-state index contributed by atoms with van der Waals surface area (Å²) in [6.45, 7) is 0. The minimum atomic E-state index is -1.11. The number of nitrogens with one attached hydrogen (secondary N) is 1. The van der Waals surface area contributed by atoms with E-state index < -0.39 is 5.97 Å². The lowest BCUT2D eigenvalue weighted by Crippen LogP contribution is -2.13. The van der Waals surface area contributed by atoms with Crippen molar-refractivity contribution in [3.63, 3.8) is 0 Å². The molecule has 0 bridgehead atoms. The van der Waals surface area contributed by atoms with Crippen LogP contribution in [0.2, 0.25) is 0 Å². The predicted octanol–water partition coefficient (Wildman–Crippen LogP) is 2.80. The van der Waals surface area contributed by atoms with E-state index in [0.29, 0.717) is 6.42 Å². The standard InChI is InChI=1S/C14H14N2O3S/c17-13(8-1-4-10-5-3-9-20-10)16-12-7-2-6-11(15-12)14(18)19/h2-3,5-7,9H,1,4,8H2,(H,18,19)(H,15,16,17). The van der Waals surface area contributed by atoms with Crippen LogP contribution in [0.4, 0.5) is 5.82 Å².